The third-order valence-electron chi connectivity index (χ3n) is 4.62. The van der Waals surface area contributed by atoms with Crippen LogP contribution in [0.25, 0.3) is 0 Å². The van der Waals surface area contributed by atoms with Crippen molar-refractivity contribution in [2.75, 3.05) is 5.32 Å². The summed E-state index contributed by atoms with van der Waals surface area (Å²) in [6.07, 6.45) is 5.22. The molecule has 1 fully saturated rings. The fraction of sp³-hybridized carbons (Fsp3) is 0.733. The van der Waals surface area contributed by atoms with E-state index in [0.717, 1.165) is 0 Å². The predicted octanol–water partition coefficient (Wildman–Crippen LogP) is 2.77. The molecular weight excluding hydrogens is 334 g/mol. The summed E-state index contributed by atoms with van der Waals surface area (Å²) in [6.45, 7) is 7.86. The first kappa shape index (κ1) is 16.5. The Bertz CT molecular complexity index is 571. The molecule has 0 bridgehead atoms. The minimum absolute atomic E-state index is 0.145. The Morgan fingerprint density at radius 1 is 1.43 bits per heavy atom. The molecule has 1 aliphatic carbocycles. The quantitative estimate of drug-likeness (QED) is 0.850. The van der Waals surface area contributed by atoms with Crippen LogP contribution in [0.4, 0.5) is 5.69 Å². The SMILES string of the molecule is CC(C)(O)C(C)(C)Nc1c(Br)cnn(CC2CCC2)c1=O. The summed E-state index contributed by atoms with van der Waals surface area (Å²) in [5.74, 6) is 0.562. The monoisotopic (exact) mass is 357 g/mol. The van der Waals surface area contributed by atoms with E-state index in [-0.39, 0.29) is 5.56 Å². The Balaban J connectivity index is 2.30. The topological polar surface area (TPSA) is 67.2 Å². The van der Waals surface area contributed by atoms with Gasteiger partial charge in [0.25, 0.3) is 5.56 Å². The molecule has 1 aromatic rings. The summed E-state index contributed by atoms with van der Waals surface area (Å²) in [6, 6.07) is 0. The summed E-state index contributed by atoms with van der Waals surface area (Å²) in [5, 5.41) is 17.6. The molecule has 0 aliphatic heterocycles. The zero-order valence-electron chi connectivity index (χ0n) is 13.1. The molecule has 21 heavy (non-hydrogen) atoms. The van der Waals surface area contributed by atoms with Gasteiger partial charge in [-0.25, -0.2) is 4.68 Å². The van der Waals surface area contributed by atoms with Crippen LogP contribution in [-0.2, 0) is 6.54 Å². The van der Waals surface area contributed by atoms with Crippen molar-refractivity contribution < 1.29 is 5.11 Å². The van der Waals surface area contributed by atoms with Crippen LogP contribution in [0.3, 0.4) is 0 Å². The van der Waals surface area contributed by atoms with Crippen molar-refractivity contribution in [3.8, 4) is 0 Å². The van der Waals surface area contributed by atoms with Gasteiger partial charge in [0.2, 0.25) is 0 Å². The van der Waals surface area contributed by atoms with Crippen molar-refractivity contribution in [2.45, 2.75) is 64.6 Å². The summed E-state index contributed by atoms with van der Waals surface area (Å²) < 4.78 is 2.15. The fourth-order valence-corrected chi connectivity index (χ4v) is 2.46. The molecule has 1 saturated carbocycles. The number of anilines is 1. The van der Waals surface area contributed by atoms with Crippen molar-refractivity contribution in [3.63, 3.8) is 0 Å². The number of nitrogens with one attached hydrogen (secondary N) is 1. The lowest BCUT2D eigenvalue weighted by Crippen LogP contribution is -2.52. The van der Waals surface area contributed by atoms with Crippen LogP contribution in [0.1, 0.15) is 47.0 Å². The number of hydrogen-bond acceptors (Lipinski definition) is 4. The maximum atomic E-state index is 12.6. The second-order valence-corrected chi connectivity index (χ2v) is 7.82. The van der Waals surface area contributed by atoms with Crippen LogP contribution >= 0.6 is 15.9 Å². The van der Waals surface area contributed by atoms with E-state index in [0.29, 0.717) is 22.6 Å². The van der Waals surface area contributed by atoms with E-state index >= 15 is 0 Å². The molecule has 6 heteroatoms. The molecule has 0 atom stereocenters. The summed E-state index contributed by atoms with van der Waals surface area (Å²) in [5.41, 5.74) is -1.31. The van der Waals surface area contributed by atoms with Crippen LogP contribution in [0, 0.1) is 5.92 Å². The van der Waals surface area contributed by atoms with Gasteiger partial charge in [-0.3, -0.25) is 4.79 Å². The molecule has 5 nitrogen and oxygen atoms in total. The van der Waals surface area contributed by atoms with Crippen molar-refractivity contribution in [3.05, 3.63) is 21.0 Å². The van der Waals surface area contributed by atoms with E-state index < -0.39 is 11.1 Å². The van der Waals surface area contributed by atoms with Gasteiger partial charge >= 0.3 is 0 Å². The van der Waals surface area contributed by atoms with Crippen molar-refractivity contribution in [1.29, 1.82) is 0 Å². The Morgan fingerprint density at radius 3 is 2.52 bits per heavy atom. The van der Waals surface area contributed by atoms with Gasteiger partial charge in [0.1, 0.15) is 5.69 Å². The van der Waals surface area contributed by atoms with Crippen LogP contribution in [0.15, 0.2) is 15.5 Å². The van der Waals surface area contributed by atoms with Gasteiger partial charge in [0.15, 0.2) is 0 Å². The number of aromatic nitrogens is 2. The van der Waals surface area contributed by atoms with Gasteiger partial charge in [-0.15, -0.1) is 0 Å². The molecule has 0 spiro atoms. The Kier molecular flexibility index (Phi) is 4.49. The van der Waals surface area contributed by atoms with Gasteiger partial charge < -0.3 is 10.4 Å². The van der Waals surface area contributed by atoms with E-state index in [1.807, 2.05) is 13.8 Å². The highest BCUT2D eigenvalue weighted by Crippen LogP contribution is 2.29. The standard InChI is InChI=1S/C15H24BrN3O2/c1-14(2,15(3,4)21)18-12-11(16)8-17-19(13(12)20)9-10-6-5-7-10/h8,10,18,21H,5-7,9H2,1-4H3. The fourth-order valence-electron chi connectivity index (χ4n) is 2.10. The third kappa shape index (κ3) is 3.48. The van der Waals surface area contributed by atoms with Gasteiger partial charge in [-0.2, -0.15) is 5.10 Å². The zero-order valence-corrected chi connectivity index (χ0v) is 14.7. The van der Waals surface area contributed by atoms with Crippen LogP contribution < -0.4 is 10.9 Å². The molecule has 1 aromatic heterocycles. The molecule has 0 amide bonds. The predicted molar refractivity (Wildman–Crippen MR) is 87.5 cm³/mol. The van der Waals surface area contributed by atoms with Gasteiger partial charge in [0, 0.05) is 6.54 Å². The largest absolute Gasteiger partial charge is 0.388 e. The molecule has 0 saturated heterocycles. The molecule has 2 rings (SSSR count). The number of hydrogen-bond donors (Lipinski definition) is 2. The lowest BCUT2D eigenvalue weighted by molar-refractivity contribution is 0.0239. The highest BCUT2D eigenvalue weighted by atomic mass is 79.9. The molecule has 0 aromatic carbocycles. The van der Waals surface area contributed by atoms with Crippen LogP contribution in [-0.4, -0.2) is 26.0 Å². The van der Waals surface area contributed by atoms with Crippen molar-refractivity contribution >= 4 is 21.6 Å². The highest BCUT2D eigenvalue weighted by Gasteiger charge is 2.36. The summed E-state index contributed by atoms with van der Waals surface area (Å²) in [7, 11) is 0. The first-order chi connectivity index (χ1) is 9.62. The number of rotatable bonds is 5. The molecule has 0 radical (unpaired) electrons. The summed E-state index contributed by atoms with van der Waals surface area (Å²) in [4.78, 5) is 12.6. The molecule has 1 aliphatic rings. The lowest BCUT2D eigenvalue weighted by Gasteiger charge is -2.38. The Labute approximate surface area is 133 Å². The number of aliphatic hydroxyl groups is 1. The van der Waals surface area contributed by atoms with E-state index in [9.17, 15) is 9.90 Å². The molecule has 2 N–H and O–H groups in total. The average molecular weight is 358 g/mol. The molecule has 1 heterocycles. The molecule has 118 valence electrons. The van der Waals surface area contributed by atoms with E-state index in [1.54, 1.807) is 20.0 Å². The van der Waals surface area contributed by atoms with Gasteiger partial charge in [-0.05, 0) is 62.4 Å². The maximum Gasteiger partial charge on any atom is 0.291 e. The van der Waals surface area contributed by atoms with Crippen molar-refractivity contribution in [1.82, 2.24) is 9.78 Å². The summed E-state index contributed by atoms with van der Waals surface area (Å²) >= 11 is 3.38. The second kappa shape index (κ2) is 5.72. The normalized spacial score (nSPS) is 16.7. The Morgan fingerprint density at radius 2 is 2.05 bits per heavy atom. The van der Waals surface area contributed by atoms with E-state index in [2.05, 4.69) is 26.3 Å². The van der Waals surface area contributed by atoms with Crippen molar-refractivity contribution in [2.24, 2.45) is 5.92 Å². The van der Waals surface area contributed by atoms with Gasteiger partial charge in [0.05, 0.1) is 21.8 Å². The minimum atomic E-state index is -0.971. The van der Waals surface area contributed by atoms with Crippen LogP contribution in [0.2, 0.25) is 0 Å². The zero-order chi connectivity index (χ0) is 15.8. The average Bonchev–Trinajstić information content (AvgIpc) is 2.30. The molecular formula is C15H24BrN3O2. The van der Waals surface area contributed by atoms with Gasteiger partial charge in [-0.1, -0.05) is 6.42 Å². The molecule has 0 unspecified atom stereocenters. The van der Waals surface area contributed by atoms with E-state index in [1.165, 1.54) is 23.9 Å². The maximum absolute atomic E-state index is 12.6. The minimum Gasteiger partial charge on any atom is -0.388 e. The number of halogens is 1. The second-order valence-electron chi connectivity index (χ2n) is 6.96. The Hall–Kier alpha value is -0.880. The first-order valence-corrected chi connectivity index (χ1v) is 8.17. The highest BCUT2D eigenvalue weighted by molar-refractivity contribution is 9.10. The number of nitrogens with zero attached hydrogens (tertiary/aromatic N) is 2. The first-order valence-electron chi connectivity index (χ1n) is 7.38. The van der Waals surface area contributed by atoms with Crippen LogP contribution in [0.5, 0.6) is 0 Å². The van der Waals surface area contributed by atoms with E-state index in [4.69, 9.17) is 0 Å². The third-order valence-corrected chi connectivity index (χ3v) is 5.22. The lowest BCUT2D eigenvalue weighted by atomic mass is 9.85. The smallest absolute Gasteiger partial charge is 0.291 e.